The van der Waals surface area contributed by atoms with Crippen molar-refractivity contribution in [2.75, 3.05) is 0 Å². The van der Waals surface area contributed by atoms with Crippen LogP contribution in [0.5, 0.6) is 0 Å². The lowest BCUT2D eigenvalue weighted by Crippen LogP contribution is -2.11. The van der Waals surface area contributed by atoms with Gasteiger partial charge in [0.15, 0.2) is 0 Å². The summed E-state index contributed by atoms with van der Waals surface area (Å²) < 4.78 is 5.83. The molecule has 1 heterocycles. The predicted molar refractivity (Wildman–Crippen MR) is 52.3 cm³/mol. The van der Waals surface area contributed by atoms with Crippen molar-refractivity contribution >= 4 is 0 Å². The van der Waals surface area contributed by atoms with Crippen molar-refractivity contribution in [3.63, 3.8) is 0 Å². The maximum atomic E-state index is 5.83. The Hall–Kier alpha value is -0.0400. The fourth-order valence-electron chi connectivity index (χ4n) is 1.85. The van der Waals surface area contributed by atoms with E-state index in [1.807, 2.05) is 13.8 Å². The topological polar surface area (TPSA) is 9.23 Å². The SMILES string of the molecule is CC.CCC1CCC(C2CC2)O1. The Morgan fingerprint density at radius 1 is 1.08 bits per heavy atom. The first-order chi connectivity index (χ1) is 5.90. The van der Waals surface area contributed by atoms with Crippen molar-refractivity contribution in [3.05, 3.63) is 0 Å². The van der Waals surface area contributed by atoms with Gasteiger partial charge in [-0.05, 0) is 38.0 Å². The molecule has 2 fully saturated rings. The van der Waals surface area contributed by atoms with Crippen molar-refractivity contribution in [3.8, 4) is 0 Å². The van der Waals surface area contributed by atoms with Crippen LogP contribution in [0.2, 0.25) is 0 Å². The van der Waals surface area contributed by atoms with Crippen molar-refractivity contribution < 1.29 is 4.74 Å². The molecule has 0 N–H and O–H groups in total. The Kier molecular flexibility index (Phi) is 4.07. The summed E-state index contributed by atoms with van der Waals surface area (Å²) in [7, 11) is 0. The van der Waals surface area contributed by atoms with Gasteiger partial charge in [-0.3, -0.25) is 0 Å². The van der Waals surface area contributed by atoms with Crippen LogP contribution in [0.1, 0.15) is 52.9 Å². The summed E-state index contributed by atoms with van der Waals surface area (Å²) in [6.07, 6.45) is 7.99. The highest BCUT2D eigenvalue weighted by atomic mass is 16.5. The van der Waals surface area contributed by atoms with Crippen LogP contribution >= 0.6 is 0 Å². The van der Waals surface area contributed by atoms with E-state index in [0.717, 1.165) is 5.92 Å². The van der Waals surface area contributed by atoms with E-state index in [4.69, 9.17) is 4.74 Å². The minimum absolute atomic E-state index is 0.602. The van der Waals surface area contributed by atoms with E-state index in [2.05, 4.69) is 6.92 Å². The zero-order valence-electron chi connectivity index (χ0n) is 8.68. The molecule has 1 heteroatoms. The van der Waals surface area contributed by atoms with Crippen molar-refractivity contribution in [2.45, 2.75) is 65.1 Å². The third-order valence-corrected chi connectivity index (χ3v) is 2.74. The van der Waals surface area contributed by atoms with Gasteiger partial charge in [0, 0.05) is 0 Å². The van der Waals surface area contributed by atoms with Gasteiger partial charge in [-0.2, -0.15) is 0 Å². The van der Waals surface area contributed by atoms with Gasteiger partial charge in [-0.25, -0.2) is 0 Å². The Morgan fingerprint density at radius 3 is 2.17 bits per heavy atom. The summed E-state index contributed by atoms with van der Waals surface area (Å²) in [6, 6.07) is 0. The third-order valence-electron chi connectivity index (χ3n) is 2.74. The van der Waals surface area contributed by atoms with E-state index < -0.39 is 0 Å². The zero-order chi connectivity index (χ0) is 8.97. The lowest BCUT2D eigenvalue weighted by molar-refractivity contribution is 0.0313. The first-order valence-corrected chi connectivity index (χ1v) is 5.55. The van der Waals surface area contributed by atoms with E-state index >= 15 is 0 Å². The van der Waals surface area contributed by atoms with Gasteiger partial charge in [0.2, 0.25) is 0 Å². The standard InChI is InChI=1S/C9H16O.C2H6/c1-2-8-5-6-9(10-8)7-3-4-7;1-2/h7-9H,2-6H2,1H3;1-2H3. The minimum Gasteiger partial charge on any atom is -0.375 e. The molecule has 2 atom stereocenters. The molecule has 0 amide bonds. The first kappa shape index (κ1) is 10.0. The van der Waals surface area contributed by atoms with Crippen LogP contribution in [0.25, 0.3) is 0 Å². The fraction of sp³-hybridized carbons (Fsp3) is 1.00. The summed E-state index contributed by atoms with van der Waals surface area (Å²) in [4.78, 5) is 0. The predicted octanol–water partition coefficient (Wildman–Crippen LogP) is 3.38. The Balaban J connectivity index is 0.000000336. The highest BCUT2D eigenvalue weighted by Gasteiger charge is 2.36. The normalized spacial score (nSPS) is 34.2. The van der Waals surface area contributed by atoms with Crippen LogP contribution < -0.4 is 0 Å². The summed E-state index contributed by atoms with van der Waals surface area (Å²) >= 11 is 0. The van der Waals surface area contributed by atoms with E-state index in [1.165, 1.54) is 32.1 Å². The minimum atomic E-state index is 0.602. The summed E-state index contributed by atoms with van der Waals surface area (Å²) in [5, 5.41) is 0. The second kappa shape index (κ2) is 4.86. The van der Waals surface area contributed by atoms with Crippen molar-refractivity contribution in [1.29, 1.82) is 0 Å². The van der Waals surface area contributed by atoms with E-state index in [9.17, 15) is 0 Å². The molecule has 2 unspecified atom stereocenters. The number of hydrogen-bond donors (Lipinski definition) is 0. The molecule has 0 aromatic heterocycles. The van der Waals surface area contributed by atoms with E-state index in [1.54, 1.807) is 0 Å². The quantitative estimate of drug-likeness (QED) is 0.617. The molecule has 0 aromatic rings. The molecule has 1 saturated heterocycles. The molecule has 72 valence electrons. The van der Waals surface area contributed by atoms with Crippen LogP contribution in [0, 0.1) is 5.92 Å². The van der Waals surface area contributed by atoms with Gasteiger partial charge in [0.25, 0.3) is 0 Å². The summed E-state index contributed by atoms with van der Waals surface area (Å²) in [5.41, 5.74) is 0. The molecule has 0 aromatic carbocycles. The lowest BCUT2D eigenvalue weighted by Gasteiger charge is -2.10. The molecule has 0 spiro atoms. The van der Waals surface area contributed by atoms with E-state index in [-0.39, 0.29) is 0 Å². The van der Waals surface area contributed by atoms with Crippen molar-refractivity contribution in [2.24, 2.45) is 5.92 Å². The van der Waals surface area contributed by atoms with Gasteiger partial charge >= 0.3 is 0 Å². The van der Waals surface area contributed by atoms with Gasteiger partial charge in [-0.15, -0.1) is 0 Å². The first-order valence-electron chi connectivity index (χ1n) is 5.55. The van der Waals surface area contributed by atoms with Crippen LogP contribution in [-0.4, -0.2) is 12.2 Å². The van der Waals surface area contributed by atoms with Crippen LogP contribution in [-0.2, 0) is 4.74 Å². The third kappa shape index (κ3) is 2.48. The zero-order valence-corrected chi connectivity index (χ0v) is 8.68. The smallest absolute Gasteiger partial charge is 0.0608 e. The van der Waals surface area contributed by atoms with Crippen LogP contribution in [0.3, 0.4) is 0 Å². The monoisotopic (exact) mass is 170 g/mol. The number of rotatable bonds is 2. The average Bonchev–Trinajstić information content (AvgIpc) is 2.88. The molecule has 2 rings (SSSR count). The summed E-state index contributed by atoms with van der Waals surface area (Å²) in [5.74, 6) is 0.955. The summed E-state index contributed by atoms with van der Waals surface area (Å²) in [6.45, 7) is 6.22. The van der Waals surface area contributed by atoms with Crippen molar-refractivity contribution in [1.82, 2.24) is 0 Å². The molecule has 2 aliphatic rings. The Bertz CT molecular complexity index is 118. The molecule has 1 nitrogen and oxygen atoms in total. The van der Waals surface area contributed by atoms with Gasteiger partial charge in [-0.1, -0.05) is 20.8 Å². The highest BCUT2D eigenvalue weighted by molar-refractivity contribution is 4.86. The molecular weight excluding hydrogens is 148 g/mol. The fourth-order valence-corrected chi connectivity index (χ4v) is 1.85. The molecule has 1 aliphatic heterocycles. The molecule has 1 aliphatic carbocycles. The Morgan fingerprint density at radius 2 is 1.75 bits per heavy atom. The highest BCUT2D eigenvalue weighted by Crippen LogP contribution is 2.40. The molecular formula is C11H22O. The van der Waals surface area contributed by atoms with Crippen LogP contribution in [0.15, 0.2) is 0 Å². The maximum absolute atomic E-state index is 5.83. The maximum Gasteiger partial charge on any atom is 0.0608 e. The molecule has 12 heavy (non-hydrogen) atoms. The van der Waals surface area contributed by atoms with Gasteiger partial charge in [0.1, 0.15) is 0 Å². The lowest BCUT2D eigenvalue weighted by atomic mass is 10.1. The van der Waals surface area contributed by atoms with Crippen LogP contribution in [0.4, 0.5) is 0 Å². The second-order valence-electron chi connectivity index (χ2n) is 3.62. The average molecular weight is 170 g/mol. The largest absolute Gasteiger partial charge is 0.375 e. The second-order valence-corrected chi connectivity index (χ2v) is 3.62. The molecule has 1 saturated carbocycles. The number of hydrogen-bond acceptors (Lipinski definition) is 1. The Labute approximate surface area is 76.5 Å². The van der Waals surface area contributed by atoms with Gasteiger partial charge < -0.3 is 4.74 Å². The molecule has 0 bridgehead atoms. The van der Waals surface area contributed by atoms with Gasteiger partial charge in [0.05, 0.1) is 12.2 Å². The number of ether oxygens (including phenoxy) is 1. The molecule has 0 radical (unpaired) electrons. The van der Waals surface area contributed by atoms with E-state index in [0.29, 0.717) is 12.2 Å².